The summed E-state index contributed by atoms with van der Waals surface area (Å²) in [6.07, 6.45) is 12.4. The summed E-state index contributed by atoms with van der Waals surface area (Å²) < 4.78 is 6.03. The molecule has 1 nitrogen and oxygen atoms in total. The predicted octanol–water partition coefficient (Wildman–Crippen LogP) is 3.37. The first-order chi connectivity index (χ1) is 7.25. The molecule has 0 bridgehead atoms. The van der Waals surface area contributed by atoms with Crippen LogP contribution in [-0.4, -0.2) is 6.10 Å². The van der Waals surface area contributed by atoms with Crippen LogP contribution in [0.4, 0.5) is 0 Å². The van der Waals surface area contributed by atoms with Crippen LogP contribution in [0.1, 0.15) is 20.3 Å². The van der Waals surface area contributed by atoms with Crippen molar-refractivity contribution in [3.63, 3.8) is 0 Å². The quantitative estimate of drug-likeness (QED) is 0.582. The van der Waals surface area contributed by atoms with Crippen molar-refractivity contribution >= 4 is 0 Å². The molecule has 78 valence electrons. The largest absolute Gasteiger partial charge is 0.489 e. The van der Waals surface area contributed by atoms with E-state index >= 15 is 0 Å². The van der Waals surface area contributed by atoms with Gasteiger partial charge in [0.1, 0.15) is 11.9 Å². The van der Waals surface area contributed by atoms with E-state index in [-0.39, 0.29) is 6.10 Å². The van der Waals surface area contributed by atoms with Crippen molar-refractivity contribution in [1.82, 2.24) is 0 Å². The van der Waals surface area contributed by atoms with E-state index in [1.165, 1.54) is 16.9 Å². The van der Waals surface area contributed by atoms with Crippen LogP contribution in [0.15, 0.2) is 47.3 Å². The van der Waals surface area contributed by atoms with E-state index in [9.17, 15) is 0 Å². The highest BCUT2D eigenvalue weighted by Crippen LogP contribution is 2.43. The SMILES string of the molecule is CC1=CC2=C(OC3C=CC=CC23)C(C)C1. The molecule has 3 rings (SSSR count). The topological polar surface area (TPSA) is 9.23 Å². The van der Waals surface area contributed by atoms with Gasteiger partial charge in [-0.3, -0.25) is 0 Å². The van der Waals surface area contributed by atoms with Gasteiger partial charge in [-0.1, -0.05) is 36.8 Å². The van der Waals surface area contributed by atoms with E-state index in [4.69, 9.17) is 4.74 Å². The predicted molar refractivity (Wildman–Crippen MR) is 61.2 cm³/mol. The number of fused-ring (bicyclic) bond motifs is 2. The molecular weight excluding hydrogens is 184 g/mol. The van der Waals surface area contributed by atoms with Crippen molar-refractivity contribution in [2.75, 3.05) is 0 Å². The minimum absolute atomic E-state index is 0.254. The van der Waals surface area contributed by atoms with Crippen LogP contribution in [0, 0.1) is 11.8 Å². The number of allylic oxidation sites excluding steroid dienone is 5. The molecular formula is C14H16O. The molecule has 15 heavy (non-hydrogen) atoms. The number of ether oxygens (including phenoxy) is 1. The molecule has 2 aliphatic carbocycles. The van der Waals surface area contributed by atoms with E-state index in [1.54, 1.807) is 0 Å². The molecule has 0 aromatic heterocycles. The molecule has 0 fully saturated rings. The lowest BCUT2D eigenvalue weighted by Gasteiger charge is -2.19. The van der Waals surface area contributed by atoms with E-state index in [1.807, 2.05) is 0 Å². The first-order valence-corrected chi connectivity index (χ1v) is 5.68. The average Bonchev–Trinajstić information content (AvgIpc) is 2.57. The number of hydrogen-bond acceptors (Lipinski definition) is 1. The fourth-order valence-corrected chi connectivity index (χ4v) is 2.83. The smallest absolute Gasteiger partial charge is 0.127 e. The third-order valence-corrected chi connectivity index (χ3v) is 3.47. The molecule has 0 aromatic rings. The van der Waals surface area contributed by atoms with E-state index < -0.39 is 0 Å². The Balaban J connectivity index is 2.03. The normalized spacial score (nSPS) is 37.2. The van der Waals surface area contributed by atoms with Crippen LogP contribution in [-0.2, 0) is 4.74 Å². The summed E-state index contributed by atoms with van der Waals surface area (Å²) in [6.45, 7) is 4.48. The third kappa shape index (κ3) is 1.30. The van der Waals surface area contributed by atoms with Gasteiger partial charge in [-0.2, -0.15) is 0 Å². The van der Waals surface area contributed by atoms with E-state index in [0.29, 0.717) is 11.8 Å². The lowest BCUT2D eigenvalue weighted by molar-refractivity contribution is 0.142. The second kappa shape index (κ2) is 3.13. The van der Waals surface area contributed by atoms with Gasteiger partial charge in [-0.05, 0) is 19.4 Å². The zero-order valence-electron chi connectivity index (χ0n) is 9.23. The number of hydrogen-bond donors (Lipinski definition) is 0. The second-order valence-electron chi connectivity index (χ2n) is 4.79. The van der Waals surface area contributed by atoms with Gasteiger partial charge in [0.2, 0.25) is 0 Å². The monoisotopic (exact) mass is 200 g/mol. The maximum atomic E-state index is 6.03. The summed E-state index contributed by atoms with van der Waals surface area (Å²) in [7, 11) is 0. The van der Waals surface area contributed by atoms with Crippen molar-refractivity contribution < 1.29 is 4.74 Å². The fraction of sp³-hybridized carbons (Fsp3) is 0.429. The molecule has 0 saturated carbocycles. The molecule has 1 aliphatic heterocycles. The highest BCUT2D eigenvalue weighted by atomic mass is 16.5. The lowest BCUT2D eigenvalue weighted by atomic mass is 9.84. The van der Waals surface area contributed by atoms with Gasteiger partial charge in [0, 0.05) is 17.4 Å². The Morgan fingerprint density at radius 2 is 2.07 bits per heavy atom. The molecule has 0 spiro atoms. The Kier molecular flexibility index (Phi) is 1.88. The molecule has 3 aliphatic rings. The van der Waals surface area contributed by atoms with Gasteiger partial charge in [0.05, 0.1) is 0 Å². The Labute approximate surface area is 90.8 Å². The zero-order chi connectivity index (χ0) is 10.4. The molecule has 1 heteroatoms. The van der Waals surface area contributed by atoms with Crippen LogP contribution >= 0.6 is 0 Å². The molecule has 1 heterocycles. The second-order valence-corrected chi connectivity index (χ2v) is 4.79. The van der Waals surface area contributed by atoms with Crippen molar-refractivity contribution in [2.24, 2.45) is 11.8 Å². The Bertz CT molecular complexity index is 409. The fourth-order valence-electron chi connectivity index (χ4n) is 2.83. The maximum Gasteiger partial charge on any atom is 0.127 e. The van der Waals surface area contributed by atoms with Gasteiger partial charge >= 0.3 is 0 Å². The summed E-state index contributed by atoms with van der Waals surface area (Å²) in [5.41, 5.74) is 2.89. The average molecular weight is 200 g/mol. The number of rotatable bonds is 0. The van der Waals surface area contributed by atoms with E-state index in [0.717, 1.165) is 6.42 Å². The molecule has 0 N–H and O–H groups in total. The first kappa shape index (κ1) is 9.02. The summed E-state index contributed by atoms with van der Waals surface area (Å²) in [5.74, 6) is 2.24. The van der Waals surface area contributed by atoms with Gasteiger partial charge < -0.3 is 4.74 Å². The standard InChI is InChI=1S/C14H16O/c1-9-7-10(2)14-12(8-9)11-5-3-4-6-13(11)15-14/h3-6,8,10-11,13H,7H2,1-2H3. The van der Waals surface area contributed by atoms with Gasteiger partial charge in [-0.25, -0.2) is 0 Å². The van der Waals surface area contributed by atoms with Crippen LogP contribution < -0.4 is 0 Å². The molecule has 0 radical (unpaired) electrons. The Morgan fingerprint density at radius 3 is 2.93 bits per heavy atom. The first-order valence-electron chi connectivity index (χ1n) is 5.68. The van der Waals surface area contributed by atoms with Crippen LogP contribution in [0.2, 0.25) is 0 Å². The third-order valence-electron chi connectivity index (χ3n) is 3.47. The van der Waals surface area contributed by atoms with Crippen LogP contribution in [0.5, 0.6) is 0 Å². The summed E-state index contributed by atoms with van der Waals surface area (Å²) >= 11 is 0. The molecule has 0 amide bonds. The highest BCUT2D eigenvalue weighted by Gasteiger charge is 2.37. The minimum atomic E-state index is 0.254. The Hall–Kier alpha value is -1.24. The summed E-state index contributed by atoms with van der Waals surface area (Å²) in [4.78, 5) is 0. The summed E-state index contributed by atoms with van der Waals surface area (Å²) in [6, 6.07) is 0. The molecule has 3 unspecified atom stereocenters. The van der Waals surface area contributed by atoms with Gasteiger partial charge in [0.15, 0.2) is 0 Å². The molecule has 3 atom stereocenters. The lowest BCUT2D eigenvalue weighted by Crippen LogP contribution is -2.15. The molecule has 0 aromatic carbocycles. The van der Waals surface area contributed by atoms with Crippen molar-refractivity contribution in [2.45, 2.75) is 26.4 Å². The maximum absolute atomic E-state index is 6.03. The molecule has 0 saturated heterocycles. The van der Waals surface area contributed by atoms with E-state index in [2.05, 4.69) is 44.2 Å². The van der Waals surface area contributed by atoms with Gasteiger partial charge in [-0.15, -0.1) is 0 Å². The minimum Gasteiger partial charge on any atom is -0.489 e. The van der Waals surface area contributed by atoms with Crippen LogP contribution in [0.25, 0.3) is 0 Å². The Morgan fingerprint density at radius 1 is 1.27 bits per heavy atom. The zero-order valence-corrected chi connectivity index (χ0v) is 9.23. The van der Waals surface area contributed by atoms with Crippen molar-refractivity contribution in [3.05, 3.63) is 47.3 Å². The van der Waals surface area contributed by atoms with Crippen molar-refractivity contribution in [1.29, 1.82) is 0 Å². The van der Waals surface area contributed by atoms with Gasteiger partial charge in [0.25, 0.3) is 0 Å². The van der Waals surface area contributed by atoms with Crippen molar-refractivity contribution in [3.8, 4) is 0 Å². The van der Waals surface area contributed by atoms with Crippen LogP contribution in [0.3, 0.4) is 0 Å². The summed E-state index contributed by atoms with van der Waals surface area (Å²) in [5, 5.41) is 0. The highest BCUT2D eigenvalue weighted by molar-refractivity contribution is 5.42.